The summed E-state index contributed by atoms with van der Waals surface area (Å²) in [6.45, 7) is 4.23. The lowest BCUT2D eigenvalue weighted by Crippen LogP contribution is -2.50. The molecule has 0 bridgehead atoms. The van der Waals surface area contributed by atoms with Crippen LogP contribution in [-0.2, 0) is 14.8 Å². The zero-order chi connectivity index (χ0) is 24.6. The number of aromatic nitrogens is 2. The van der Waals surface area contributed by atoms with Gasteiger partial charge in [0.15, 0.2) is 5.13 Å². The molecule has 1 aliphatic heterocycles. The second-order valence-electron chi connectivity index (χ2n) is 8.35. The number of benzene rings is 2. The van der Waals surface area contributed by atoms with E-state index in [9.17, 15) is 13.2 Å². The first-order valence-electron chi connectivity index (χ1n) is 11.1. The summed E-state index contributed by atoms with van der Waals surface area (Å²) < 4.78 is 30.0. The number of thiazole rings is 1. The van der Waals surface area contributed by atoms with Gasteiger partial charge in [-0.1, -0.05) is 23.7 Å². The van der Waals surface area contributed by atoms with Gasteiger partial charge in [-0.3, -0.25) is 9.52 Å². The van der Waals surface area contributed by atoms with E-state index in [0.717, 1.165) is 16.6 Å². The molecule has 0 aliphatic carbocycles. The Bertz CT molecular complexity index is 1470. The van der Waals surface area contributed by atoms with Crippen molar-refractivity contribution in [1.29, 1.82) is 0 Å². The molecule has 1 aliphatic rings. The Balaban J connectivity index is 0.00000190. The van der Waals surface area contributed by atoms with Gasteiger partial charge in [-0.2, -0.15) is 0 Å². The number of sulfonamides is 1. The van der Waals surface area contributed by atoms with Crippen LogP contribution in [0.2, 0.25) is 5.02 Å². The van der Waals surface area contributed by atoms with Crippen molar-refractivity contribution in [3.8, 4) is 0 Å². The molecule has 1 N–H and O–H groups in total. The summed E-state index contributed by atoms with van der Waals surface area (Å²) in [6, 6.07) is 14.1. The molecule has 1 atom stereocenters. The van der Waals surface area contributed by atoms with Gasteiger partial charge in [0, 0.05) is 57.5 Å². The van der Waals surface area contributed by atoms with Gasteiger partial charge >= 0.3 is 0 Å². The lowest BCUT2D eigenvalue weighted by atomic mass is 10.2. The highest BCUT2D eigenvalue weighted by Gasteiger charge is 2.27. The summed E-state index contributed by atoms with van der Waals surface area (Å²) in [7, 11) is -3.73. The predicted octanol–water partition coefficient (Wildman–Crippen LogP) is 4.95. The molecule has 3 heterocycles. The van der Waals surface area contributed by atoms with Crippen LogP contribution in [0.15, 0.2) is 71.2 Å². The maximum Gasteiger partial charge on any atom is 0.263 e. The first kappa shape index (κ1) is 23.7. The van der Waals surface area contributed by atoms with Crippen LogP contribution in [0.4, 0.5) is 10.8 Å². The summed E-state index contributed by atoms with van der Waals surface area (Å²) >= 11 is 7.40. The van der Waals surface area contributed by atoms with E-state index in [1.807, 2.05) is 52.9 Å². The van der Waals surface area contributed by atoms with Gasteiger partial charge < -0.3 is 14.4 Å². The van der Waals surface area contributed by atoms with E-state index in [-0.39, 0.29) is 19.7 Å². The zero-order valence-corrected chi connectivity index (χ0v) is 21.4. The minimum atomic E-state index is -3.73. The normalized spacial score (nSPS) is 15.4. The summed E-state index contributed by atoms with van der Waals surface area (Å²) in [5, 5.41) is 3.72. The fourth-order valence-corrected chi connectivity index (χ4v) is 6.32. The Morgan fingerprint density at radius 1 is 1.14 bits per heavy atom. The Kier molecular flexibility index (Phi) is 6.43. The smallest absolute Gasteiger partial charge is 0.263 e. The van der Waals surface area contributed by atoms with Gasteiger partial charge in [-0.15, -0.1) is 11.3 Å². The maximum atomic E-state index is 13.3. The van der Waals surface area contributed by atoms with Crippen LogP contribution in [0.1, 0.15) is 15.8 Å². The molecule has 4 aromatic rings. The van der Waals surface area contributed by atoms with E-state index in [0.29, 0.717) is 36.3 Å². The van der Waals surface area contributed by atoms with Gasteiger partial charge in [0.1, 0.15) is 6.04 Å². The summed E-state index contributed by atoms with van der Waals surface area (Å²) in [5.41, 5.74) is 1.74. The fourth-order valence-electron chi connectivity index (χ4n) is 4.32. The molecule has 1 fully saturated rings. The largest absolute Gasteiger partial charge is 0.368 e. The Hall–Kier alpha value is -3.08. The van der Waals surface area contributed by atoms with Crippen molar-refractivity contribution in [1.82, 2.24) is 14.5 Å². The van der Waals surface area contributed by atoms with Crippen LogP contribution < -0.4 is 9.62 Å². The van der Waals surface area contributed by atoms with Crippen LogP contribution in [0.3, 0.4) is 0 Å². The Morgan fingerprint density at radius 3 is 2.69 bits per heavy atom. The molecule has 0 spiro atoms. The number of piperazine rings is 1. The van der Waals surface area contributed by atoms with E-state index in [4.69, 9.17) is 11.6 Å². The van der Waals surface area contributed by atoms with Crippen molar-refractivity contribution in [3.05, 3.63) is 71.3 Å². The van der Waals surface area contributed by atoms with Crippen molar-refractivity contribution in [2.45, 2.75) is 17.9 Å². The monoisotopic (exact) mass is 533 g/mol. The third-order valence-electron chi connectivity index (χ3n) is 6.20. The molecule has 8 nitrogen and oxygen atoms in total. The molecule has 2 aromatic carbocycles. The van der Waals surface area contributed by atoms with E-state index in [1.54, 1.807) is 29.8 Å². The number of anilines is 2. The summed E-state index contributed by atoms with van der Waals surface area (Å²) in [5.74, 6) is 0.0473. The van der Waals surface area contributed by atoms with Crippen LogP contribution in [0.5, 0.6) is 0 Å². The highest BCUT2D eigenvalue weighted by Crippen LogP contribution is 2.26. The molecule has 5 rings (SSSR count). The second kappa shape index (κ2) is 9.52. The number of nitrogens with one attached hydrogen (secondary N) is 1. The number of fused-ring (bicyclic) bond motifs is 1. The Labute approximate surface area is 215 Å². The number of nitrogens with zero attached hydrogens (tertiary/aromatic N) is 4. The molecule has 35 heavy (non-hydrogen) atoms. The van der Waals surface area contributed by atoms with Crippen molar-refractivity contribution in [2.24, 2.45) is 0 Å². The van der Waals surface area contributed by atoms with Crippen LogP contribution in [0, 0.1) is 0 Å². The van der Waals surface area contributed by atoms with Gasteiger partial charge in [0.05, 0.1) is 10.4 Å². The van der Waals surface area contributed by atoms with Crippen molar-refractivity contribution < 1.29 is 16.1 Å². The third kappa shape index (κ3) is 4.86. The summed E-state index contributed by atoms with van der Waals surface area (Å²) in [4.78, 5) is 21.4. The predicted molar refractivity (Wildman–Crippen MR) is 144 cm³/mol. The first-order valence-corrected chi connectivity index (χ1v) is 13.9. The lowest BCUT2D eigenvalue weighted by molar-refractivity contribution is -0.134. The number of carbonyl (C=O) groups excluding carboxylic acids is 1. The maximum absolute atomic E-state index is 13.3. The van der Waals surface area contributed by atoms with Crippen molar-refractivity contribution in [3.63, 3.8) is 0 Å². The molecule has 11 heteroatoms. The minimum absolute atomic E-state index is 0. The van der Waals surface area contributed by atoms with Crippen LogP contribution >= 0.6 is 22.9 Å². The highest BCUT2D eigenvalue weighted by atomic mass is 35.5. The van der Waals surface area contributed by atoms with E-state index in [1.165, 1.54) is 11.3 Å². The number of hydrogen-bond donors (Lipinski definition) is 1. The average Bonchev–Trinajstić information content (AvgIpc) is 3.52. The molecular weight excluding hydrogens is 506 g/mol. The van der Waals surface area contributed by atoms with E-state index >= 15 is 0 Å². The number of hydrogen-bond acceptors (Lipinski definition) is 6. The van der Waals surface area contributed by atoms with Gasteiger partial charge in [0.2, 0.25) is 5.91 Å². The fraction of sp³-hybridized carbons (Fsp3) is 0.250. The van der Waals surface area contributed by atoms with Gasteiger partial charge in [-0.05, 0) is 48.7 Å². The zero-order valence-electron chi connectivity index (χ0n) is 19.0. The molecule has 186 valence electrons. The van der Waals surface area contributed by atoms with Gasteiger partial charge in [0.25, 0.3) is 10.0 Å². The first-order chi connectivity index (χ1) is 16.8. The number of carbonyl (C=O) groups is 1. The van der Waals surface area contributed by atoms with E-state index in [2.05, 4.69) is 14.6 Å². The molecule has 1 saturated heterocycles. The lowest BCUT2D eigenvalue weighted by Gasteiger charge is -2.37. The minimum Gasteiger partial charge on any atom is -0.368 e. The van der Waals surface area contributed by atoms with Gasteiger partial charge in [-0.25, -0.2) is 13.4 Å². The SMILES string of the molecule is C[C@H](C(=O)N1CCN(c2cccc(S(=O)(=O)Nc3nccs3)c2)CC1)n1ccc2ccc(Cl)cc21.[HH].[HH]. The number of halogens is 1. The highest BCUT2D eigenvalue weighted by molar-refractivity contribution is 7.93. The topological polar surface area (TPSA) is 87.5 Å². The molecule has 2 aromatic heterocycles. The van der Waals surface area contributed by atoms with Crippen LogP contribution in [0.25, 0.3) is 10.9 Å². The average molecular weight is 534 g/mol. The number of rotatable bonds is 6. The van der Waals surface area contributed by atoms with Crippen molar-refractivity contribution >= 4 is 60.6 Å². The summed E-state index contributed by atoms with van der Waals surface area (Å²) in [6.07, 6.45) is 3.47. The molecule has 1 amide bonds. The number of amides is 1. The van der Waals surface area contributed by atoms with Crippen molar-refractivity contribution in [2.75, 3.05) is 35.8 Å². The third-order valence-corrected chi connectivity index (χ3v) is 8.59. The molecule has 0 saturated carbocycles. The standard InChI is InChI=1S/C24H24ClN5O3S2.2H2/c1-17(30-9-7-18-5-6-19(25)15-22(18)30)23(31)29-12-10-28(11-13-29)20-3-2-4-21(16-20)35(32,33)27-24-26-8-14-34-24;;/h2-9,14-17H,10-13H2,1H3,(H,26,27);2*1H/t17-;;/m1../s1. The second-order valence-corrected chi connectivity index (χ2v) is 11.4. The Morgan fingerprint density at radius 2 is 1.94 bits per heavy atom. The van der Waals surface area contributed by atoms with E-state index < -0.39 is 10.0 Å². The quantitative estimate of drug-likeness (QED) is 0.379. The molecule has 0 unspecified atom stereocenters. The van der Waals surface area contributed by atoms with Crippen LogP contribution in [-0.4, -0.2) is 55.0 Å². The molecule has 0 radical (unpaired) electrons. The molecular formula is C24H28ClN5O3S2.